The van der Waals surface area contributed by atoms with Crippen LogP contribution in [0.4, 0.5) is 0 Å². The Labute approximate surface area is 105 Å². The van der Waals surface area contributed by atoms with Gasteiger partial charge in [-0.3, -0.25) is 9.13 Å². The van der Waals surface area contributed by atoms with Crippen molar-refractivity contribution in [2.24, 2.45) is 0 Å². The van der Waals surface area contributed by atoms with Gasteiger partial charge in [-0.25, -0.2) is 0 Å². The summed E-state index contributed by atoms with van der Waals surface area (Å²) in [4.78, 5) is 35.9. The van der Waals surface area contributed by atoms with Crippen molar-refractivity contribution in [3.63, 3.8) is 0 Å². The number of piperidine rings is 1. The van der Waals surface area contributed by atoms with Gasteiger partial charge in [-0.15, -0.1) is 0 Å². The van der Waals surface area contributed by atoms with Gasteiger partial charge in [0.15, 0.2) is 5.40 Å². The van der Waals surface area contributed by atoms with Crippen LogP contribution in [0.15, 0.2) is 0 Å². The molecule has 1 aliphatic rings. The van der Waals surface area contributed by atoms with Gasteiger partial charge in [0.2, 0.25) is 0 Å². The molecule has 0 aromatic heterocycles. The average Bonchev–Trinajstić information content (AvgIpc) is 2.13. The monoisotopic (exact) mass is 305 g/mol. The number of rotatable bonds is 4. The Morgan fingerprint density at radius 1 is 1.18 bits per heavy atom. The van der Waals surface area contributed by atoms with Crippen LogP contribution in [0.25, 0.3) is 0 Å². The second-order valence-corrected chi connectivity index (χ2v) is 8.97. The van der Waals surface area contributed by atoms with Gasteiger partial charge in [0, 0.05) is 17.8 Å². The summed E-state index contributed by atoms with van der Waals surface area (Å²) in [5.41, 5.74) is 0. The van der Waals surface area contributed by atoms with Crippen molar-refractivity contribution in [2.75, 3.05) is 6.54 Å². The van der Waals surface area contributed by atoms with Gasteiger partial charge < -0.3 is 24.9 Å². The fourth-order valence-electron chi connectivity index (χ4n) is 1.83. The lowest BCUT2D eigenvalue weighted by Gasteiger charge is -2.30. The van der Waals surface area contributed by atoms with Crippen LogP contribution in [0.5, 0.6) is 0 Å². The summed E-state index contributed by atoms with van der Waals surface area (Å²) in [6.45, 7) is 0.572. The highest BCUT2D eigenvalue weighted by Gasteiger charge is 2.44. The molecule has 1 fully saturated rings. The van der Waals surface area contributed by atoms with Crippen LogP contribution >= 0.6 is 27.8 Å². The van der Waals surface area contributed by atoms with Crippen LogP contribution in [0.3, 0.4) is 0 Å². The Hall–Kier alpha value is 0.610. The molecular formula is C7H17NO6P2S. The van der Waals surface area contributed by atoms with Crippen molar-refractivity contribution in [3.8, 4) is 0 Å². The van der Waals surface area contributed by atoms with Gasteiger partial charge in [0.1, 0.15) is 0 Å². The van der Waals surface area contributed by atoms with Gasteiger partial charge in [0.25, 0.3) is 0 Å². The molecule has 7 nitrogen and oxygen atoms in total. The number of hydrogen-bond donors (Lipinski definition) is 6. The molecule has 0 amide bonds. The van der Waals surface area contributed by atoms with E-state index in [-0.39, 0.29) is 17.7 Å². The van der Waals surface area contributed by atoms with Gasteiger partial charge in [-0.1, -0.05) is 0 Å². The van der Waals surface area contributed by atoms with E-state index in [1.54, 1.807) is 0 Å². The van der Waals surface area contributed by atoms with Crippen LogP contribution in [0.2, 0.25) is 0 Å². The fourth-order valence-corrected chi connectivity index (χ4v) is 4.71. The van der Waals surface area contributed by atoms with Crippen LogP contribution < -0.4 is 5.32 Å². The third-order valence-corrected chi connectivity index (χ3v) is 6.98. The molecule has 0 radical (unpaired) electrons. The molecule has 0 saturated carbocycles. The van der Waals surface area contributed by atoms with Gasteiger partial charge >= 0.3 is 15.2 Å². The molecule has 1 heterocycles. The average molecular weight is 305 g/mol. The second kappa shape index (κ2) is 5.72. The lowest BCUT2D eigenvalue weighted by Crippen LogP contribution is -2.41. The molecule has 10 heteroatoms. The quantitative estimate of drug-likeness (QED) is 0.321. The molecule has 0 spiro atoms. The number of thiol groups is 1. The third kappa shape index (κ3) is 5.01. The van der Waals surface area contributed by atoms with Crippen LogP contribution in [-0.4, -0.2) is 42.8 Å². The van der Waals surface area contributed by atoms with E-state index >= 15 is 0 Å². The van der Waals surface area contributed by atoms with Crippen LogP contribution in [0, 0.1) is 0 Å². The van der Waals surface area contributed by atoms with Crippen molar-refractivity contribution in [1.82, 2.24) is 5.32 Å². The Kier molecular flexibility index (Phi) is 5.27. The molecule has 1 aliphatic heterocycles. The molecule has 2 atom stereocenters. The number of hydrogen-bond acceptors (Lipinski definition) is 4. The summed E-state index contributed by atoms with van der Waals surface area (Å²) >= 11 is 4.24. The lowest BCUT2D eigenvalue weighted by atomic mass is 10.0. The maximum Gasteiger partial charge on any atom is 0.340 e. The smallest absolute Gasteiger partial charge is 0.324 e. The minimum Gasteiger partial charge on any atom is -0.324 e. The van der Waals surface area contributed by atoms with Crippen molar-refractivity contribution in [2.45, 2.75) is 36.0 Å². The maximum absolute atomic E-state index is 11.1. The standard InChI is InChI=1S/C7H17NO6P2S/c9-15(10,11)7(16(12,13)14)3-5-1-2-6(17)4-8-5/h5-8,17H,1-4H2,(H2,9,10,11)(H2,12,13,14). The summed E-state index contributed by atoms with van der Waals surface area (Å²) < 4.78 is 22.2. The first-order valence-electron chi connectivity index (χ1n) is 5.12. The molecule has 1 saturated heterocycles. The van der Waals surface area contributed by atoms with Crippen molar-refractivity contribution in [1.29, 1.82) is 0 Å². The highest BCUT2D eigenvalue weighted by Crippen LogP contribution is 2.61. The van der Waals surface area contributed by atoms with Gasteiger partial charge in [0.05, 0.1) is 0 Å². The minimum absolute atomic E-state index is 0.176. The Morgan fingerprint density at radius 2 is 1.71 bits per heavy atom. The first-order chi connectivity index (χ1) is 7.60. The number of nitrogens with one attached hydrogen (secondary N) is 1. The molecule has 0 aliphatic carbocycles. The lowest BCUT2D eigenvalue weighted by molar-refractivity contribution is 0.317. The van der Waals surface area contributed by atoms with E-state index in [2.05, 4.69) is 17.9 Å². The fraction of sp³-hybridized carbons (Fsp3) is 1.00. The van der Waals surface area contributed by atoms with Gasteiger partial charge in [-0.05, 0) is 19.3 Å². The molecule has 0 bridgehead atoms. The SMILES string of the molecule is O=P(O)(O)C(CC1CCC(S)CN1)P(=O)(O)O. The van der Waals surface area contributed by atoms with Crippen LogP contribution in [0.1, 0.15) is 19.3 Å². The molecule has 5 N–H and O–H groups in total. The normalized spacial score (nSPS) is 27.4. The molecule has 0 aromatic carbocycles. The molecule has 17 heavy (non-hydrogen) atoms. The molecular weight excluding hydrogens is 288 g/mol. The summed E-state index contributed by atoms with van der Waals surface area (Å²) in [5.74, 6) is 0. The third-order valence-electron chi connectivity index (χ3n) is 2.76. The van der Waals surface area contributed by atoms with E-state index in [0.717, 1.165) is 6.42 Å². The zero-order chi connectivity index (χ0) is 13.3. The maximum atomic E-state index is 11.1. The molecule has 1 rings (SSSR count). The van der Waals surface area contributed by atoms with E-state index in [0.29, 0.717) is 13.0 Å². The van der Waals surface area contributed by atoms with Crippen LogP contribution in [-0.2, 0) is 9.13 Å². The van der Waals surface area contributed by atoms with Gasteiger partial charge in [-0.2, -0.15) is 12.6 Å². The van der Waals surface area contributed by atoms with Crippen molar-refractivity contribution >= 4 is 27.8 Å². The first-order valence-corrected chi connectivity index (χ1v) is 9.00. The van der Waals surface area contributed by atoms with E-state index < -0.39 is 20.6 Å². The Morgan fingerprint density at radius 3 is 2.06 bits per heavy atom. The summed E-state index contributed by atoms with van der Waals surface area (Å²) in [7, 11) is -9.60. The predicted octanol–water partition coefficient (Wildman–Crippen LogP) is 0.108. The zero-order valence-corrected chi connectivity index (χ0v) is 11.7. The van der Waals surface area contributed by atoms with Crippen molar-refractivity contribution < 1.29 is 28.7 Å². The topological polar surface area (TPSA) is 127 Å². The largest absolute Gasteiger partial charge is 0.340 e. The Bertz CT molecular complexity index is 324. The predicted molar refractivity (Wildman–Crippen MR) is 66.3 cm³/mol. The van der Waals surface area contributed by atoms with E-state index in [1.165, 1.54) is 0 Å². The van der Waals surface area contributed by atoms with E-state index in [1.807, 2.05) is 0 Å². The summed E-state index contributed by atoms with van der Waals surface area (Å²) in [5, 5.41) is 1.24. The highest BCUT2D eigenvalue weighted by molar-refractivity contribution is 7.81. The summed E-state index contributed by atoms with van der Waals surface area (Å²) in [6, 6.07) is -0.288. The zero-order valence-electron chi connectivity index (χ0n) is 9.01. The molecule has 2 unspecified atom stereocenters. The molecule has 102 valence electrons. The second-order valence-electron chi connectivity index (χ2n) is 4.23. The first kappa shape index (κ1) is 15.7. The molecule has 0 aromatic rings. The van der Waals surface area contributed by atoms with Crippen molar-refractivity contribution in [3.05, 3.63) is 0 Å². The van der Waals surface area contributed by atoms with E-state index in [9.17, 15) is 9.13 Å². The minimum atomic E-state index is -4.80. The van der Waals surface area contributed by atoms with E-state index in [4.69, 9.17) is 19.6 Å². The highest BCUT2D eigenvalue weighted by atomic mass is 32.1. The summed E-state index contributed by atoms with van der Waals surface area (Å²) in [6.07, 6.45) is 1.13. The Balaban J connectivity index is 2.69.